The first kappa shape index (κ1) is 25.0. The van der Waals surface area contributed by atoms with Crippen molar-refractivity contribution in [1.82, 2.24) is 10.0 Å². The van der Waals surface area contributed by atoms with Gasteiger partial charge in [-0.2, -0.15) is 0 Å². The predicted octanol–water partition coefficient (Wildman–Crippen LogP) is 3.57. The van der Waals surface area contributed by atoms with Gasteiger partial charge in [0.25, 0.3) is 5.91 Å². The van der Waals surface area contributed by atoms with Crippen molar-refractivity contribution in [2.24, 2.45) is 5.41 Å². The van der Waals surface area contributed by atoms with Gasteiger partial charge in [-0.3, -0.25) is 9.59 Å². The lowest BCUT2D eigenvalue weighted by molar-refractivity contribution is -0.123. The van der Waals surface area contributed by atoms with E-state index in [1.54, 1.807) is 19.2 Å². The van der Waals surface area contributed by atoms with Crippen molar-refractivity contribution in [3.05, 3.63) is 53.6 Å². The second kappa shape index (κ2) is 8.86. The Hall–Kier alpha value is -3.07. The van der Waals surface area contributed by atoms with Gasteiger partial charge >= 0.3 is 0 Å². The summed E-state index contributed by atoms with van der Waals surface area (Å²) in [5.41, 5.74) is 3.24. The third-order valence-corrected chi connectivity index (χ3v) is 8.31. The molecule has 2 aromatic carbocycles. The summed E-state index contributed by atoms with van der Waals surface area (Å²) in [4.78, 5) is 27.1. The second-order valence-electron chi connectivity index (χ2n) is 10.8. The number of carbonyl (C=O) groups excluding carboxylic acids is 2. The summed E-state index contributed by atoms with van der Waals surface area (Å²) < 4.78 is 26.7. The molecule has 0 radical (unpaired) electrons. The summed E-state index contributed by atoms with van der Waals surface area (Å²) in [6.45, 7) is 8.76. The number of amides is 2. The highest BCUT2D eigenvalue weighted by molar-refractivity contribution is 7.91. The SMILES string of the molecule is CNC(=O)C(C)(C)Nc1cccc(N2CC(C)(C)Cc3cc(C(=O)NS(=O)(=O)C4CC4)ccc32)c1. The molecule has 1 aliphatic heterocycles. The van der Waals surface area contributed by atoms with Crippen LogP contribution in [0.25, 0.3) is 0 Å². The van der Waals surface area contributed by atoms with Gasteiger partial charge < -0.3 is 15.5 Å². The molecular weight excluding hydrogens is 464 g/mol. The largest absolute Gasteiger partial charge is 0.372 e. The molecule has 1 saturated carbocycles. The van der Waals surface area contributed by atoms with Gasteiger partial charge in [0.05, 0.1) is 5.25 Å². The molecule has 0 spiro atoms. The standard InChI is InChI=1S/C26H34N4O4S/c1-25(2)15-18-13-17(23(31)29-35(33,34)21-10-11-21)9-12-22(18)30(16-25)20-8-6-7-19(14-20)28-26(3,4)24(32)27-5/h6-9,12-14,21,28H,10-11,15-16H2,1-5H3,(H,27,32)(H,29,31). The van der Waals surface area contributed by atoms with E-state index in [1.807, 2.05) is 44.2 Å². The van der Waals surface area contributed by atoms with Gasteiger partial charge in [-0.1, -0.05) is 19.9 Å². The molecular formula is C26H34N4O4S. The van der Waals surface area contributed by atoms with Crippen LogP contribution in [-0.2, 0) is 21.2 Å². The van der Waals surface area contributed by atoms with Crippen LogP contribution in [0.15, 0.2) is 42.5 Å². The Balaban J connectivity index is 1.64. The zero-order valence-electron chi connectivity index (χ0n) is 20.9. The molecule has 0 aromatic heterocycles. The molecule has 1 aliphatic carbocycles. The van der Waals surface area contributed by atoms with Gasteiger partial charge in [0.15, 0.2) is 0 Å². The van der Waals surface area contributed by atoms with Crippen LogP contribution in [0.2, 0.25) is 0 Å². The fraction of sp³-hybridized carbons (Fsp3) is 0.462. The Bertz CT molecular complexity index is 1270. The summed E-state index contributed by atoms with van der Waals surface area (Å²) in [7, 11) is -1.99. The number of hydrogen-bond donors (Lipinski definition) is 3. The number of likely N-dealkylation sites (N-methyl/N-ethyl adjacent to an activating group) is 1. The zero-order valence-corrected chi connectivity index (χ0v) is 21.8. The van der Waals surface area contributed by atoms with E-state index >= 15 is 0 Å². The summed E-state index contributed by atoms with van der Waals surface area (Å²) in [6.07, 6.45) is 1.96. The van der Waals surface area contributed by atoms with Crippen molar-refractivity contribution in [1.29, 1.82) is 0 Å². The maximum Gasteiger partial charge on any atom is 0.264 e. The Morgan fingerprint density at radius 2 is 1.80 bits per heavy atom. The molecule has 1 heterocycles. The molecule has 0 unspecified atom stereocenters. The van der Waals surface area contributed by atoms with Crippen molar-refractivity contribution < 1.29 is 18.0 Å². The molecule has 3 N–H and O–H groups in total. The van der Waals surface area contributed by atoms with Crippen LogP contribution in [0.3, 0.4) is 0 Å². The van der Waals surface area contributed by atoms with Crippen molar-refractivity contribution in [3.63, 3.8) is 0 Å². The van der Waals surface area contributed by atoms with E-state index in [0.717, 1.165) is 35.6 Å². The molecule has 2 aliphatic rings. The first-order valence-corrected chi connectivity index (χ1v) is 13.4. The lowest BCUT2D eigenvalue weighted by Gasteiger charge is -2.41. The average molecular weight is 499 g/mol. The van der Waals surface area contributed by atoms with Crippen LogP contribution < -0.4 is 20.3 Å². The minimum absolute atomic E-state index is 0.0764. The Kier molecular flexibility index (Phi) is 6.34. The van der Waals surface area contributed by atoms with Gasteiger partial charge in [0.2, 0.25) is 15.9 Å². The fourth-order valence-corrected chi connectivity index (χ4v) is 5.88. The molecule has 0 bridgehead atoms. The normalized spacial score (nSPS) is 17.3. The van der Waals surface area contributed by atoms with Crippen LogP contribution >= 0.6 is 0 Å². The third kappa shape index (κ3) is 5.45. The van der Waals surface area contributed by atoms with E-state index in [0.29, 0.717) is 18.4 Å². The monoisotopic (exact) mass is 498 g/mol. The third-order valence-electron chi connectivity index (χ3n) is 6.50. The lowest BCUT2D eigenvalue weighted by Crippen LogP contribution is -2.46. The number of carbonyl (C=O) groups is 2. The quantitative estimate of drug-likeness (QED) is 0.539. The van der Waals surface area contributed by atoms with E-state index < -0.39 is 26.7 Å². The minimum atomic E-state index is -3.61. The number of benzene rings is 2. The zero-order chi connectivity index (χ0) is 25.6. The van der Waals surface area contributed by atoms with Crippen LogP contribution in [0.5, 0.6) is 0 Å². The molecule has 2 aromatic rings. The predicted molar refractivity (Wildman–Crippen MR) is 139 cm³/mol. The number of fused-ring (bicyclic) bond motifs is 1. The fourth-order valence-electron chi connectivity index (χ4n) is 4.58. The highest BCUT2D eigenvalue weighted by Crippen LogP contribution is 2.41. The smallest absolute Gasteiger partial charge is 0.264 e. The number of nitrogens with zero attached hydrogens (tertiary/aromatic N) is 1. The number of hydrogen-bond acceptors (Lipinski definition) is 6. The highest BCUT2D eigenvalue weighted by atomic mass is 32.2. The molecule has 4 rings (SSSR count). The van der Waals surface area contributed by atoms with E-state index in [4.69, 9.17) is 0 Å². The lowest BCUT2D eigenvalue weighted by atomic mass is 9.80. The number of sulfonamides is 1. The van der Waals surface area contributed by atoms with E-state index in [1.165, 1.54) is 0 Å². The highest BCUT2D eigenvalue weighted by Gasteiger charge is 2.37. The Labute approximate surface area is 207 Å². The second-order valence-corrected chi connectivity index (χ2v) is 12.8. The van der Waals surface area contributed by atoms with E-state index in [-0.39, 0.29) is 11.3 Å². The summed E-state index contributed by atoms with van der Waals surface area (Å²) in [5.74, 6) is -0.695. The van der Waals surface area contributed by atoms with Crippen molar-refractivity contribution in [3.8, 4) is 0 Å². The maximum atomic E-state index is 12.7. The summed E-state index contributed by atoms with van der Waals surface area (Å²) >= 11 is 0. The van der Waals surface area contributed by atoms with Gasteiger partial charge in [-0.15, -0.1) is 0 Å². The van der Waals surface area contributed by atoms with Gasteiger partial charge in [-0.05, 0) is 80.5 Å². The minimum Gasteiger partial charge on any atom is -0.372 e. The number of anilines is 3. The molecule has 9 heteroatoms. The van der Waals surface area contributed by atoms with Crippen LogP contribution in [-0.4, -0.2) is 44.6 Å². The molecule has 1 fully saturated rings. The molecule has 2 amide bonds. The molecule has 8 nitrogen and oxygen atoms in total. The van der Waals surface area contributed by atoms with Crippen molar-refractivity contribution in [2.45, 2.75) is 57.7 Å². The van der Waals surface area contributed by atoms with Gasteiger partial charge in [0.1, 0.15) is 5.54 Å². The van der Waals surface area contributed by atoms with Gasteiger partial charge in [-0.25, -0.2) is 13.1 Å². The maximum absolute atomic E-state index is 12.7. The molecule has 188 valence electrons. The topological polar surface area (TPSA) is 108 Å². The van der Waals surface area contributed by atoms with E-state index in [2.05, 4.69) is 34.1 Å². The Morgan fingerprint density at radius 1 is 1.09 bits per heavy atom. The first-order valence-electron chi connectivity index (χ1n) is 11.9. The first-order chi connectivity index (χ1) is 16.3. The van der Waals surface area contributed by atoms with Crippen LogP contribution in [0.4, 0.5) is 17.1 Å². The average Bonchev–Trinajstić information content (AvgIpc) is 3.62. The van der Waals surface area contributed by atoms with Crippen LogP contribution in [0, 0.1) is 5.41 Å². The Morgan fingerprint density at radius 3 is 2.46 bits per heavy atom. The van der Waals surface area contributed by atoms with E-state index in [9.17, 15) is 18.0 Å². The van der Waals surface area contributed by atoms with Crippen molar-refractivity contribution in [2.75, 3.05) is 23.8 Å². The summed E-state index contributed by atoms with van der Waals surface area (Å²) in [6, 6.07) is 13.3. The number of nitrogens with one attached hydrogen (secondary N) is 3. The van der Waals surface area contributed by atoms with Crippen LogP contribution in [0.1, 0.15) is 56.5 Å². The number of rotatable bonds is 7. The van der Waals surface area contributed by atoms with Crippen molar-refractivity contribution >= 4 is 38.9 Å². The summed E-state index contributed by atoms with van der Waals surface area (Å²) in [5, 5.41) is 5.54. The molecule has 0 atom stereocenters. The molecule has 35 heavy (non-hydrogen) atoms. The molecule has 0 saturated heterocycles. The van der Waals surface area contributed by atoms with Gasteiger partial charge in [0, 0.05) is 36.2 Å².